The van der Waals surface area contributed by atoms with Gasteiger partial charge in [0.15, 0.2) is 15.6 Å². The molecule has 132 valence electrons. The predicted octanol–water partition coefficient (Wildman–Crippen LogP) is 3.45. The number of benzene rings is 3. The highest BCUT2D eigenvalue weighted by atomic mass is 32.2. The van der Waals surface area contributed by atoms with Crippen LogP contribution in [0.15, 0.2) is 71.6 Å². The van der Waals surface area contributed by atoms with Crippen molar-refractivity contribution >= 4 is 38.0 Å². The Balaban J connectivity index is 1.78. The topological polar surface area (TPSA) is 80.3 Å². The van der Waals surface area contributed by atoms with Crippen LogP contribution in [0.5, 0.6) is 0 Å². The van der Waals surface area contributed by atoms with E-state index >= 15 is 0 Å². The van der Waals surface area contributed by atoms with Gasteiger partial charge in [0.1, 0.15) is 5.75 Å². The monoisotopic (exact) mass is 367 g/mol. The number of carbonyl (C=O) groups is 2. The van der Waals surface area contributed by atoms with Crippen LogP contribution in [0.2, 0.25) is 0 Å². The van der Waals surface area contributed by atoms with E-state index in [1.807, 2.05) is 24.3 Å². The Morgan fingerprint density at radius 2 is 1.62 bits per heavy atom. The molecule has 3 aromatic carbocycles. The molecule has 0 fully saturated rings. The Hall–Kier alpha value is -2.99. The molecule has 0 saturated carbocycles. The Bertz CT molecular complexity index is 1100. The molecule has 26 heavy (non-hydrogen) atoms. The van der Waals surface area contributed by atoms with Crippen LogP contribution in [-0.4, -0.2) is 25.9 Å². The Labute approximate surface area is 151 Å². The molecule has 0 unspecified atom stereocenters. The zero-order valence-corrected chi connectivity index (χ0v) is 14.9. The summed E-state index contributed by atoms with van der Waals surface area (Å²) in [7, 11) is -3.78. The van der Waals surface area contributed by atoms with Crippen molar-refractivity contribution in [3.8, 4) is 0 Å². The van der Waals surface area contributed by atoms with Crippen molar-refractivity contribution in [2.45, 2.75) is 11.8 Å². The third-order valence-corrected chi connectivity index (χ3v) is 5.57. The van der Waals surface area contributed by atoms with Crippen LogP contribution in [0, 0.1) is 0 Å². The summed E-state index contributed by atoms with van der Waals surface area (Å²) < 4.78 is 25.1. The number of fused-ring (bicyclic) bond motifs is 1. The quantitative estimate of drug-likeness (QED) is 0.701. The second-order valence-electron chi connectivity index (χ2n) is 5.95. The number of rotatable bonds is 5. The summed E-state index contributed by atoms with van der Waals surface area (Å²) in [5.74, 6) is -1.46. The molecule has 0 aliphatic carbocycles. The molecule has 3 aromatic rings. The third-order valence-electron chi connectivity index (χ3n) is 3.95. The summed E-state index contributed by atoms with van der Waals surface area (Å²) in [6.07, 6.45) is 0. The minimum Gasteiger partial charge on any atom is -0.325 e. The van der Waals surface area contributed by atoms with Gasteiger partial charge in [0.25, 0.3) is 0 Å². The molecule has 5 nitrogen and oxygen atoms in total. The van der Waals surface area contributed by atoms with Crippen molar-refractivity contribution in [2.24, 2.45) is 0 Å². The molecular weight excluding hydrogens is 350 g/mol. The molecule has 3 rings (SSSR count). The molecule has 0 saturated heterocycles. The SMILES string of the molecule is CC(=O)c1cccc(NC(=O)CS(=O)(=O)c2ccc3ccccc3c2)c1. The van der Waals surface area contributed by atoms with Gasteiger partial charge in [-0.05, 0) is 42.0 Å². The van der Waals surface area contributed by atoms with E-state index < -0.39 is 21.5 Å². The number of carbonyl (C=O) groups excluding carboxylic acids is 2. The van der Waals surface area contributed by atoms with Crippen molar-refractivity contribution in [1.82, 2.24) is 0 Å². The first-order valence-corrected chi connectivity index (χ1v) is 9.63. The summed E-state index contributed by atoms with van der Waals surface area (Å²) >= 11 is 0. The van der Waals surface area contributed by atoms with Crippen molar-refractivity contribution in [3.05, 3.63) is 72.3 Å². The van der Waals surface area contributed by atoms with Gasteiger partial charge in [-0.2, -0.15) is 0 Å². The van der Waals surface area contributed by atoms with Crippen LogP contribution < -0.4 is 5.32 Å². The van der Waals surface area contributed by atoms with Crippen LogP contribution in [0.25, 0.3) is 10.8 Å². The molecule has 0 spiro atoms. The summed E-state index contributed by atoms with van der Waals surface area (Å²) in [4.78, 5) is 23.7. The van der Waals surface area contributed by atoms with E-state index in [2.05, 4.69) is 5.32 Å². The van der Waals surface area contributed by atoms with Gasteiger partial charge in [0.05, 0.1) is 4.90 Å². The second-order valence-corrected chi connectivity index (χ2v) is 7.94. The van der Waals surface area contributed by atoms with E-state index in [4.69, 9.17) is 0 Å². The van der Waals surface area contributed by atoms with Gasteiger partial charge in [0.2, 0.25) is 5.91 Å². The van der Waals surface area contributed by atoms with E-state index in [9.17, 15) is 18.0 Å². The number of hydrogen-bond acceptors (Lipinski definition) is 4. The standard InChI is InChI=1S/C20H17NO4S/c1-14(22)16-7-4-8-18(11-16)21-20(23)13-26(24,25)19-10-9-15-5-2-3-6-17(15)12-19/h2-12H,13H2,1H3,(H,21,23). The number of ketones is 1. The van der Waals surface area contributed by atoms with Gasteiger partial charge in [0, 0.05) is 11.3 Å². The number of anilines is 1. The minimum absolute atomic E-state index is 0.101. The first kappa shape index (κ1) is 17.8. The first-order valence-electron chi connectivity index (χ1n) is 7.97. The molecule has 0 aromatic heterocycles. The van der Waals surface area contributed by atoms with Gasteiger partial charge in [-0.3, -0.25) is 9.59 Å². The molecule has 0 aliphatic rings. The molecular formula is C20H17NO4S. The number of hydrogen-bond donors (Lipinski definition) is 1. The lowest BCUT2D eigenvalue weighted by atomic mass is 10.1. The zero-order valence-electron chi connectivity index (χ0n) is 14.1. The van der Waals surface area contributed by atoms with Crippen molar-refractivity contribution < 1.29 is 18.0 Å². The van der Waals surface area contributed by atoms with Crippen molar-refractivity contribution in [1.29, 1.82) is 0 Å². The Morgan fingerprint density at radius 3 is 2.35 bits per heavy atom. The lowest BCUT2D eigenvalue weighted by Crippen LogP contribution is -2.23. The number of Topliss-reactive ketones (excluding diaryl/α,β-unsaturated/α-hetero) is 1. The average Bonchev–Trinajstić information content (AvgIpc) is 2.61. The number of amides is 1. The fourth-order valence-electron chi connectivity index (χ4n) is 2.63. The molecule has 1 amide bonds. The molecule has 0 atom stereocenters. The van der Waals surface area contributed by atoms with Gasteiger partial charge in [-0.15, -0.1) is 0 Å². The second kappa shape index (κ2) is 7.09. The molecule has 0 aliphatic heterocycles. The summed E-state index contributed by atoms with van der Waals surface area (Å²) in [6.45, 7) is 1.42. The van der Waals surface area contributed by atoms with Crippen LogP contribution >= 0.6 is 0 Å². The maximum absolute atomic E-state index is 12.5. The third kappa shape index (κ3) is 3.97. The maximum atomic E-state index is 12.5. The number of sulfone groups is 1. The van der Waals surface area contributed by atoms with Gasteiger partial charge >= 0.3 is 0 Å². The Kier molecular flexibility index (Phi) is 4.86. The van der Waals surface area contributed by atoms with Gasteiger partial charge < -0.3 is 5.32 Å². The van der Waals surface area contributed by atoms with E-state index in [0.29, 0.717) is 11.3 Å². The zero-order chi connectivity index (χ0) is 18.7. The van der Waals surface area contributed by atoms with Crippen LogP contribution in [0.1, 0.15) is 17.3 Å². The molecule has 1 N–H and O–H groups in total. The summed E-state index contributed by atoms with van der Waals surface area (Å²) in [5, 5.41) is 4.25. The first-order chi connectivity index (χ1) is 12.3. The average molecular weight is 367 g/mol. The molecule has 6 heteroatoms. The van der Waals surface area contributed by atoms with Gasteiger partial charge in [-0.1, -0.05) is 42.5 Å². The fraction of sp³-hybridized carbons (Fsp3) is 0.100. The minimum atomic E-state index is -3.78. The Morgan fingerprint density at radius 1 is 0.885 bits per heavy atom. The van der Waals surface area contributed by atoms with E-state index in [1.165, 1.54) is 19.1 Å². The van der Waals surface area contributed by atoms with E-state index in [1.54, 1.807) is 30.3 Å². The molecule has 0 radical (unpaired) electrons. The van der Waals surface area contributed by atoms with E-state index in [-0.39, 0.29) is 10.7 Å². The van der Waals surface area contributed by atoms with Crippen LogP contribution in [0.3, 0.4) is 0 Å². The maximum Gasteiger partial charge on any atom is 0.239 e. The summed E-state index contributed by atoms with van der Waals surface area (Å²) in [5.41, 5.74) is 0.830. The normalized spacial score (nSPS) is 11.3. The highest BCUT2D eigenvalue weighted by molar-refractivity contribution is 7.92. The van der Waals surface area contributed by atoms with Crippen LogP contribution in [-0.2, 0) is 14.6 Å². The van der Waals surface area contributed by atoms with Crippen molar-refractivity contribution in [2.75, 3.05) is 11.1 Å². The van der Waals surface area contributed by atoms with Crippen molar-refractivity contribution in [3.63, 3.8) is 0 Å². The summed E-state index contributed by atoms with van der Waals surface area (Å²) in [6, 6.07) is 18.6. The smallest absolute Gasteiger partial charge is 0.239 e. The molecule has 0 heterocycles. The van der Waals surface area contributed by atoms with E-state index in [0.717, 1.165) is 10.8 Å². The lowest BCUT2D eigenvalue weighted by Gasteiger charge is -2.08. The predicted molar refractivity (Wildman–Crippen MR) is 101 cm³/mol. The highest BCUT2D eigenvalue weighted by Gasteiger charge is 2.20. The van der Waals surface area contributed by atoms with Gasteiger partial charge in [-0.25, -0.2) is 8.42 Å². The lowest BCUT2D eigenvalue weighted by molar-refractivity contribution is -0.113. The number of nitrogens with one attached hydrogen (secondary N) is 1. The molecule has 0 bridgehead atoms. The van der Waals surface area contributed by atoms with Crippen LogP contribution in [0.4, 0.5) is 5.69 Å². The highest BCUT2D eigenvalue weighted by Crippen LogP contribution is 2.20. The fourth-order valence-corrected chi connectivity index (χ4v) is 3.80. The largest absolute Gasteiger partial charge is 0.325 e.